The molecule has 1 rings (SSSR count). The second-order valence-corrected chi connectivity index (χ2v) is 5.83. The summed E-state index contributed by atoms with van der Waals surface area (Å²) in [6.07, 6.45) is 11.3. The predicted octanol–water partition coefficient (Wildman–Crippen LogP) is 4.37. The van der Waals surface area contributed by atoms with Gasteiger partial charge in [0.1, 0.15) is 0 Å². The zero-order chi connectivity index (χ0) is 11.8. The molecule has 3 unspecified atom stereocenters. The summed E-state index contributed by atoms with van der Waals surface area (Å²) >= 11 is 0. The van der Waals surface area contributed by atoms with Gasteiger partial charge in [0.15, 0.2) is 0 Å². The number of hydrogen-bond donors (Lipinski definition) is 1. The molecule has 1 aliphatic carbocycles. The van der Waals surface area contributed by atoms with Gasteiger partial charge in [-0.25, -0.2) is 0 Å². The van der Waals surface area contributed by atoms with E-state index in [2.05, 4.69) is 26.1 Å². The van der Waals surface area contributed by atoms with Crippen LogP contribution in [0, 0.1) is 11.8 Å². The molecule has 0 amide bonds. The smallest absolute Gasteiger partial charge is 0.00388 e. The first-order valence-electron chi connectivity index (χ1n) is 7.47. The highest BCUT2D eigenvalue weighted by molar-refractivity contribution is 4.77. The fourth-order valence-corrected chi connectivity index (χ4v) is 2.86. The fraction of sp³-hybridized carbons (Fsp3) is 1.00. The summed E-state index contributed by atoms with van der Waals surface area (Å²) in [6, 6.07) is 0.727. The van der Waals surface area contributed by atoms with Gasteiger partial charge in [-0.2, -0.15) is 0 Å². The standard InChI is InChI=1S/C15H31N/c1-4-5-6-7-10-14(3)16-12-15-11-8-9-13(15)2/h13-16H,4-12H2,1-3H3. The Hall–Kier alpha value is -0.0400. The lowest BCUT2D eigenvalue weighted by molar-refractivity contribution is 0.362. The van der Waals surface area contributed by atoms with Gasteiger partial charge in [-0.05, 0) is 38.1 Å². The van der Waals surface area contributed by atoms with Crippen molar-refractivity contribution in [2.45, 2.75) is 78.2 Å². The average molecular weight is 225 g/mol. The Bertz CT molecular complexity index is 167. The minimum Gasteiger partial charge on any atom is -0.314 e. The molecule has 0 aromatic carbocycles. The SMILES string of the molecule is CCCCCCC(C)NCC1CCCC1C. The first kappa shape index (κ1) is 14.0. The van der Waals surface area contributed by atoms with Gasteiger partial charge in [-0.15, -0.1) is 0 Å². The number of hydrogen-bond acceptors (Lipinski definition) is 1. The molecule has 0 spiro atoms. The lowest BCUT2D eigenvalue weighted by Crippen LogP contribution is -2.32. The summed E-state index contributed by atoms with van der Waals surface area (Å²) in [7, 11) is 0. The van der Waals surface area contributed by atoms with Crippen LogP contribution in [0.25, 0.3) is 0 Å². The first-order chi connectivity index (χ1) is 7.74. The van der Waals surface area contributed by atoms with Crippen molar-refractivity contribution in [3.63, 3.8) is 0 Å². The molecule has 16 heavy (non-hydrogen) atoms. The van der Waals surface area contributed by atoms with Gasteiger partial charge >= 0.3 is 0 Å². The summed E-state index contributed by atoms with van der Waals surface area (Å²) in [4.78, 5) is 0. The molecule has 0 radical (unpaired) electrons. The van der Waals surface area contributed by atoms with Crippen LogP contribution in [0.2, 0.25) is 0 Å². The minimum absolute atomic E-state index is 0.727. The fourth-order valence-electron chi connectivity index (χ4n) is 2.86. The highest BCUT2D eigenvalue weighted by Gasteiger charge is 2.22. The van der Waals surface area contributed by atoms with E-state index in [1.54, 1.807) is 0 Å². The Morgan fingerprint density at radius 2 is 2.00 bits per heavy atom. The van der Waals surface area contributed by atoms with Crippen molar-refractivity contribution in [2.75, 3.05) is 6.54 Å². The molecule has 0 heterocycles. The molecule has 1 aliphatic rings. The van der Waals surface area contributed by atoms with Crippen molar-refractivity contribution in [2.24, 2.45) is 11.8 Å². The van der Waals surface area contributed by atoms with Crippen molar-refractivity contribution in [1.82, 2.24) is 5.32 Å². The Morgan fingerprint density at radius 3 is 2.62 bits per heavy atom. The van der Waals surface area contributed by atoms with Crippen molar-refractivity contribution in [3.8, 4) is 0 Å². The summed E-state index contributed by atoms with van der Waals surface area (Å²) in [6.45, 7) is 8.32. The monoisotopic (exact) mass is 225 g/mol. The van der Waals surface area contributed by atoms with E-state index >= 15 is 0 Å². The Kier molecular flexibility index (Phi) is 7.11. The topological polar surface area (TPSA) is 12.0 Å². The van der Waals surface area contributed by atoms with Crippen LogP contribution in [0.15, 0.2) is 0 Å². The zero-order valence-electron chi connectivity index (χ0n) is 11.6. The maximum absolute atomic E-state index is 3.73. The van der Waals surface area contributed by atoms with Crippen LogP contribution >= 0.6 is 0 Å². The van der Waals surface area contributed by atoms with Gasteiger partial charge in [0.25, 0.3) is 0 Å². The van der Waals surface area contributed by atoms with E-state index in [0.29, 0.717) is 0 Å². The van der Waals surface area contributed by atoms with Gasteiger partial charge in [0.05, 0.1) is 0 Å². The molecule has 1 fully saturated rings. The van der Waals surface area contributed by atoms with E-state index in [1.807, 2.05) is 0 Å². The summed E-state index contributed by atoms with van der Waals surface area (Å²) in [5, 5.41) is 3.73. The molecular weight excluding hydrogens is 194 g/mol. The number of rotatable bonds is 8. The van der Waals surface area contributed by atoms with Crippen molar-refractivity contribution in [3.05, 3.63) is 0 Å². The van der Waals surface area contributed by atoms with E-state index in [1.165, 1.54) is 57.9 Å². The van der Waals surface area contributed by atoms with Crippen LogP contribution in [0.3, 0.4) is 0 Å². The quantitative estimate of drug-likeness (QED) is 0.605. The first-order valence-corrected chi connectivity index (χ1v) is 7.47. The lowest BCUT2D eigenvalue weighted by Gasteiger charge is -2.20. The molecule has 96 valence electrons. The van der Waals surface area contributed by atoms with E-state index in [9.17, 15) is 0 Å². The summed E-state index contributed by atoms with van der Waals surface area (Å²) < 4.78 is 0. The van der Waals surface area contributed by atoms with Crippen LogP contribution in [-0.2, 0) is 0 Å². The second-order valence-electron chi connectivity index (χ2n) is 5.83. The average Bonchev–Trinajstić information content (AvgIpc) is 2.67. The van der Waals surface area contributed by atoms with Gasteiger partial charge < -0.3 is 5.32 Å². The third-order valence-electron chi connectivity index (χ3n) is 4.26. The summed E-state index contributed by atoms with van der Waals surface area (Å²) in [5.74, 6) is 1.91. The van der Waals surface area contributed by atoms with Crippen molar-refractivity contribution < 1.29 is 0 Å². The van der Waals surface area contributed by atoms with Crippen molar-refractivity contribution >= 4 is 0 Å². The molecule has 0 aliphatic heterocycles. The Balaban J connectivity index is 1.99. The van der Waals surface area contributed by atoms with E-state index in [-0.39, 0.29) is 0 Å². The highest BCUT2D eigenvalue weighted by atomic mass is 14.9. The molecule has 0 saturated heterocycles. The maximum Gasteiger partial charge on any atom is 0.00388 e. The van der Waals surface area contributed by atoms with Crippen LogP contribution in [0.1, 0.15) is 72.1 Å². The zero-order valence-corrected chi connectivity index (χ0v) is 11.6. The molecule has 1 saturated carbocycles. The molecule has 0 bridgehead atoms. The Labute approximate surface area is 102 Å². The summed E-state index contributed by atoms with van der Waals surface area (Å²) in [5.41, 5.74) is 0. The van der Waals surface area contributed by atoms with Crippen LogP contribution in [-0.4, -0.2) is 12.6 Å². The molecular formula is C15H31N. The van der Waals surface area contributed by atoms with Gasteiger partial charge in [0.2, 0.25) is 0 Å². The second kappa shape index (κ2) is 8.11. The Morgan fingerprint density at radius 1 is 1.19 bits per heavy atom. The molecule has 3 atom stereocenters. The third-order valence-corrected chi connectivity index (χ3v) is 4.26. The van der Waals surface area contributed by atoms with Gasteiger partial charge in [0, 0.05) is 6.04 Å². The molecule has 1 heteroatoms. The van der Waals surface area contributed by atoms with E-state index in [0.717, 1.165) is 17.9 Å². The van der Waals surface area contributed by atoms with E-state index < -0.39 is 0 Å². The predicted molar refractivity (Wildman–Crippen MR) is 72.7 cm³/mol. The molecule has 0 aromatic rings. The van der Waals surface area contributed by atoms with Crippen LogP contribution < -0.4 is 5.32 Å². The largest absolute Gasteiger partial charge is 0.314 e. The highest BCUT2D eigenvalue weighted by Crippen LogP contribution is 2.30. The molecule has 0 aromatic heterocycles. The van der Waals surface area contributed by atoms with Crippen LogP contribution in [0.4, 0.5) is 0 Å². The van der Waals surface area contributed by atoms with Crippen LogP contribution in [0.5, 0.6) is 0 Å². The normalized spacial score (nSPS) is 27.2. The molecule has 1 nitrogen and oxygen atoms in total. The van der Waals surface area contributed by atoms with Crippen molar-refractivity contribution in [1.29, 1.82) is 0 Å². The van der Waals surface area contributed by atoms with Gasteiger partial charge in [-0.1, -0.05) is 52.4 Å². The molecule has 1 N–H and O–H groups in total. The lowest BCUT2D eigenvalue weighted by atomic mass is 9.97. The minimum atomic E-state index is 0.727. The number of nitrogens with one attached hydrogen (secondary N) is 1. The number of unbranched alkanes of at least 4 members (excludes halogenated alkanes) is 3. The van der Waals surface area contributed by atoms with Gasteiger partial charge in [-0.3, -0.25) is 0 Å². The maximum atomic E-state index is 3.73. The van der Waals surface area contributed by atoms with E-state index in [4.69, 9.17) is 0 Å². The third kappa shape index (κ3) is 5.34.